The number of aryl methyl sites for hydroxylation is 2. The number of nitrogens with one attached hydrogen (secondary N) is 1. The van der Waals surface area contributed by atoms with Crippen LogP contribution in [0.5, 0.6) is 0 Å². The highest BCUT2D eigenvalue weighted by atomic mass is 16.4. The molecule has 0 saturated heterocycles. The molecule has 0 aliphatic heterocycles. The van der Waals surface area contributed by atoms with E-state index in [1.165, 1.54) is 5.56 Å². The van der Waals surface area contributed by atoms with Gasteiger partial charge in [-0.05, 0) is 30.5 Å². The van der Waals surface area contributed by atoms with Crippen LogP contribution in [0.2, 0.25) is 0 Å². The molecule has 16 heavy (non-hydrogen) atoms. The normalized spacial score (nSPS) is 12.4. The first-order valence-electron chi connectivity index (χ1n) is 5.18. The van der Waals surface area contributed by atoms with E-state index in [1.54, 1.807) is 0 Å². The van der Waals surface area contributed by atoms with Gasteiger partial charge in [0.2, 0.25) is 0 Å². The van der Waals surface area contributed by atoms with E-state index in [0.29, 0.717) is 0 Å². The summed E-state index contributed by atoms with van der Waals surface area (Å²) in [6.07, 6.45) is -0.668. The largest absolute Gasteiger partial charge is 0.480 e. The standard InChI is InChI=1S/C12H17NO3/c1-8-3-4-10(5-9(8)2)11(14)6-13-7-12(15)16/h3-5,11,13-14H,6-7H2,1-2H3,(H,15,16). The SMILES string of the molecule is Cc1ccc(C(O)CNCC(=O)O)cc1C. The summed E-state index contributed by atoms with van der Waals surface area (Å²) in [5.74, 6) is -0.924. The number of rotatable bonds is 5. The molecule has 0 saturated carbocycles. The van der Waals surface area contributed by atoms with Crippen LogP contribution in [0, 0.1) is 13.8 Å². The van der Waals surface area contributed by atoms with Crippen LogP contribution in [0.1, 0.15) is 22.8 Å². The number of aliphatic hydroxyl groups excluding tert-OH is 1. The van der Waals surface area contributed by atoms with Gasteiger partial charge in [-0.3, -0.25) is 4.79 Å². The minimum absolute atomic E-state index is 0.137. The molecule has 1 rings (SSSR count). The lowest BCUT2D eigenvalue weighted by molar-refractivity contribution is -0.136. The Labute approximate surface area is 94.9 Å². The minimum atomic E-state index is -0.924. The number of benzene rings is 1. The Morgan fingerprint density at radius 2 is 2.06 bits per heavy atom. The maximum atomic E-state index is 10.3. The van der Waals surface area contributed by atoms with Gasteiger partial charge in [-0.2, -0.15) is 0 Å². The van der Waals surface area contributed by atoms with E-state index in [2.05, 4.69) is 5.32 Å². The molecule has 0 radical (unpaired) electrons. The lowest BCUT2D eigenvalue weighted by atomic mass is 10.0. The Balaban J connectivity index is 2.55. The van der Waals surface area contributed by atoms with Crippen LogP contribution < -0.4 is 5.32 Å². The minimum Gasteiger partial charge on any atom is -0.480 e. The molecule has 88 valence electrons. The van der Waals surface area contributed by atoms with Gasteiger partial charge in [0.25, 0.3) is 0 Å². The smallest absolute Gasteiger partial charge is 0.317 e. The van der Waals surface area contributed by atoms with E-state index in [-0.39, 0.29) is 13.1 Å². The van der Waals surface area contributed by atoms with Crippen LogP contribution >= 0.6 is 0 Å². The van der Waals surface area contributed by atoms with Crippen molar-refractivity contribution in [3.8, 4) is 0 Å². The molecule has 0 aliphatic rings. The predicted octanol–water partition coefficient (Wildman–Crippen LogP) is 1.01. The Hall–Kier alpha value is -1.39. The van der Waals surface area contributed by atoms with Gasteiger partial charge in [-0.25, -0.2) is 0 Å². The van der Waals surface area contributed by atoms with Gasteiger partial charge in [-0.15, -0.1) is 0 Å². The first-order chi connectivity index (χ1) is 7.50. The van der Waals surface area contributed by atoms with Crippen molar-refractivity contribution >= 4 is 5.97 Å². The van der Waals surface area contributed by atoms with E-state index >= 15 is 0 Å². The quantitative estimate of drug-likeness (QED) is 0.697. The summed E-state index contributed by atoms with van der Waals surface area (Å²) in [6, 6.07) is 5.73. The lowest BCUT2D eigenvalue weighted by Gasteiger charge is -2.12. The van der Waals surface area contributed by atoms with Crippen LogP contribution in [-0.2, 0) is 4.79 Å². The molecule has 1 unspecified atom stereocenters. The van der Waals surface area contributed by atoms with Gasteiger partial charge in [0.1, 0.15) is 0 Å². The number of carbonyl (C=O) groups is 1. The molecule has 1 aromatic carbocycles. The summed E-state index contributed by atoms with van der Waals surface area (Å²) in [7, 11) is 0. The van der Waals surface area contributed by atoms with Crippen molar-refractivity contribution in [2.24, 2.45) is 0 Å². The van der Waals surface area contributed by atoms with Crippen molar-refractivity contribution < 1.29 is 15.0 Å². The molecule has 4 heteroatoms. The molecule has 0 heterocycles. The molecule has 0 fully saturated rings. The fraction of sp³-hybridized carbons (Fsp3) is 0.417. The Morgan fingerprint density at radius 1 is 1.38 bits per heavy atom. The number of hydrogen-bond acceptors (Lipinski definition) is 3. The number of aliphatic carboxylic acids is 1. The zero-order chi connectivity index (χ0) is 12.1. The van der Waals surface area contributed by atoms with Gasteiger partial charge < -0.3 is 15.5 Å². The molecule has 0 spiro atoms. The van der Waals surface area contributed by atoms with Crippen LogP contribution in [-0.4, -0.2) is 29.3 Å². The van der Waals surface area contributed by atoms with Crippen molar-refractivity contribution in [1.82, 2.24) is 5.32 Å². The lowest BCUT2D eigenvalue weighted by Crippen LogP contribution is -2.27. The van der Waals surface area contributed by atoms with E-state index in [1.807, 2.05) is 32.0 Å². The zero-order valence-corrected chi connectivity index (χ0v) is 9.53. The highest BCUT2D eigenvalue weighted by molar-refractivity contribution is 5.68. The molecule has 3 N–H and O–H groups in total. The highest BCUT2D eigenvalue weighted by Crippen LogP contribution is 2.16. The molecule has 0 bridgehead atoms. The van der Waals surface area contributed by atoms with Crippen molar-refractivity contribution in [2.45, 2.75) is 20.0 Å². The van der Waals surface area contributed by atoms with E-state index in [4.69, 9.17) is 5.11 Å². The number of aliphatic hydroxyl groups is 1. The fourth-order valence-corrected chi connectivity index (χ4v) is 1.41. The predicted molar refractivity (Wildman–Crippen MR) is 61.4 cm³/mol. The monoisotopic (exact) mass is 223 g/mol. The number of carboxylic acid groups (broad SMARTS) is 1. The maximum absolute atomic E-state index is 10.3. The zero-order valence-electron chi connectivity index (χ0n) is 9.53. The molecule has 0 amide bonds. The van der Waals surface area contributed by atoms with Gasteiger partial charge in [0.05, 0.1) is 12.6 Å². The molecule has 1 aromatic rings. The summed E-state index contributed by atoms with van der Waals surface area (Å²) in [5, 5.41) is 20.9. The summed E-state index contributed by atoms with van der Waals surface area (Å²) < 4.78 is 0. The molecular weight excluding hydrogens is 206 g/mol. The Kier molecular flexibility index (Phi) is 4.46. The van der Waals surface area contributed by atoms with Crippen molar-refractivity contribution in [1.29, 1.82) is 0 Å². The van der Waals surface area contributed by atoms with Crippen molar-refractivity contribution in [2.75, 3.05) is 13.1 Å². The molecule has 4 nitrogen and oxygen atoms in total. The van der Waals surface area contributed by atoms with Gasteiger partial charge in [-0.1, -0.05) is 18.2 Å². The van der Waals surface area contributed by atoms with E-state index < -0.39 is 12.1 Å². The second kappa shape index (κ2) is 5.63. The molecule has 0 aromatic heterocycles. The van der Waals surface area contributed by atoms with Crippen LogP contribution in [0.15, 0.2) is 18.2 Å². The van der Waals surface area contributed by atoms with Gasteiger partial charge >= 0.3 is 5.97 Å². The first kappa shape index (κ1) is 12.7. The number of hydrogen-bond donors (Lipinski definition) is 3. The third-order valence-corrected chi connectivity index (χ3v) is 2.53. The first-order valence-corrected chi connectivity index (χ1v) is 5.18. The van der Waals surface area contributed by atoms with Gasteiger partial charge in [0, 0.05) is 6.54 Å². The molecular formula is C12H17NO3. The average Bonchev–Trinajstić information content (AvgIpc) is 2.21. The topological polar surface area (TPSA) is 69.6 Å². The van der Waals surface area contributed by atoms with E-state index in [0.717, 1.165) is 11.1 Å². The summed E-state index contributed by atoms with van der Waals surface area (Å²) >= 11 is 0. The van der Waals surface area contributed by atoms with E-state index in [9.17, 15) is 9.90 Å². The van der Waals surface area contributed by atoms with Crippen LogP contribution in [0.25, 0.3) is 0 Å². The van der Waals surface area contributed by atoms with Crippen molar-refractivity contribution in [3.05, 3.63) is 34.9 Å². The summed E-state index contributed by atoms with van der Waals surface area (Å²) in [6.45, 7) is 4.10. The van der Waals surface area contributed by atoms with Crippen LogP contribution in [0.3, 0.4) is 0 Å². The van der Waals surface area contributed by atoms with Gasteiger partial charge in [0.15, 0.2) is 0 Å². The third kappa shape index (κ3) is 3.64. The average molecular weight is 223 g/mol. The highest BCUT2D eigenvalue weighted by Gasteiger charge is 2.08. The third-order valence-electron chi connectivity index (χ3n) is 2.53. The second-order valence-electron chi connectivity index (χ2n) is 3.88. The maximum Gasteiger partial charge on any atom is 0.317 e. The van der Waals surface area contributed by atoms with Crippen molar-refractivity contribution in [3.63, 3.8) is 0 Å². The molecule has 1 atom stereocenters. The second-order valence-corrected chi connectivity index (χ2v) is 3.88. The Morgan fingerprint density at radius 3 is 2.62 bits per heavy atom. The number of carboxylic acids is 1. The van der Waals surface area contributed by atoms with Crippen LogP contribution in [0.4, 0.5) is 0 Å². The fourth-order valence-electron chi connectivity index (χ4n) is 1.41. The summed E-state index contributed by atoms with van der Waals surface area (Å²) in [4.78, 5) is 10.3. The molecule has 0 aliphatic carbocycles. The Bertz CT molecular complexity index is 377. The summed E-state index contributed by atoms with van der Waals surface area (Å²) in [5.41, 5.74) is 3.10.